The van der Waals surface area contributed by atoms with Crippen molar-refractivity contribution in [3.05, 3.63) is 53.6 Å². The van der Waals surface area contributed by atoms with Gasteiger partial charge >= 0.3 is 12.1 Å². The van der Waals surface area contributed by atoms with E-state index in [0.29, 0.717) is 45.3 Å². The number of allylic oxidation sites excluding steroid dienone is 1. The number of nitrogens with zero attached hydrogens (tertiary/aromatic N) is 3. The number of carbonyl (C=O) groups excluding carboxylic acids is 5. The van der Waals surface area contributed by atoms with E-state index in [2.05, 4.69) is 21.9 Å². The molecule has 0 spiro atoms. The van der Waals surface area contributed by atoms with Crippen molar-refractivity contribution < 1.29 is 37.1 Å². The Morgan fingerprint density at radius 1 is 1.14 bits per heavy atom. The summed E-state index contributed by atoms with van der Waals surface area (Å²) in [4.78, 5) is 73.4. The summed E-state index contributed by atoms with van der Waals surface area (Å²) in [6.45, 7) is 10.2. The molecular formula is C36H48N6O8S. The molecule has 6 rings (SSSR count). The first-order chi connectivity index (χ1) is 24.0. The number of benzene rings is 1. The van der Waals surface area contributed by atoms with Crippen molar-refractivity contribution in [3.8, 4) is 0 Å². The van der Waals surface area contributed by atoms with Crippen LogP contribution in [0, 0.1) is 11.3 Å². The monoisotopic (exact) mass is 724 g/mol. The van der Waals surface area contributed by atoms with E-state index in [-0.39, 0.29) is 19.4 Å². The number of hydrogen-bond donors (Lipinski definition) is 3. The van der Waals surface area contributed by atoms with Crippen LogP contribution >= 0.6 is 0 Å². The maximum absolute atomic E-state index is 14.5. The van der Waals surface area contributed by atoms with Gasteiger partial charge in [0.25, 0.3) is 5.91 Å². The van der Waals surface area contributed by atoms with Crippen molar-refractivity contribution in [3.63, 3.8) is 0 Å². The third-order valence-corrected chi connectivity index (χ3v) is 12.4. The van der Waals surface area contributed by atoms with Crippen LogP contribution in [0.2, 0.25) is 0 Å². The molecule has 4 bridgehead atoms. The second-order valence-corrected chi connectivity index (χ2v) is 17.4. The summed E-state index contributed by atoms with van der Waals surface area (Å²) in [7, 11) is -2.24. The Morgan fingerprint density at radius 2 is 1.88 bits per heavy atom. The molecule has 3 fully saturated rings. The number of fused-ring (bicyclic) bond motifs is 3. The van der Waals surface area contributed by atoms with E-state index in [4.69, 9.17) is 4.74 Å². The summed E-state index contributed by atoms with van der Waals surface area (Å²) in [6, 6.07) is 3.20. The molecule has 3 N–H and O–H groups in total. The zero-order valence-corrected chi connectivity index (χ0v) is 30.5. The molecule has 276 valence electrons. The molecule has 6 amide bonds. The van der Waals surface area contributed by atoms with E-state index < -0.39 is 80.2 Å². The molecule has 0 unspecified atom stereocenters. The number of nitrogens with one attached hydrogen (secondary N) is 3. The number of urea groups is 1. The van der Waals surface area contributed by atoms with Crippen LogP contribution in [0.5, 0.6) is 0 Å². The smallest absolute Gasteiger partial charge is 0.410 e. The fraction of sp³-hybridized carbons (Fsp3) is 0.583. The summed E-state index contributed by atoms with van der Waals surface area (Å²) in [5, 5.41) is 4.98. The highest BCUT2D eigenvalue weighted by atomic mass is 32.2. The summed E-state index contributed by atoms with van der Waals surface area (Å²) < 4.78 is 33.4. The van der Waals surface area contributed by atoms with Gasteiger partial charge in [0.15, 0.2) is 0 Å². The van der Waals surface area contributed by atoms with E-state index in [1.54, 1.807) is 32.7 Å². The molecule has 0 radical (unpaired) electrons. The van der Waals surface area contributed by atoms with Gasteiger partial charge in [-0.1, -0.05) is 57.2 Å². The molecule has 1 aromatic carbocycles. The van der Waals surface area contributed by atoms with Gasteiger partial charge in [-0.15, -0.1) is 6.58 Å². The van der Waals surface area contributed by atoms with Crippen LogP contribution in [0.15, 0.2) is 36.9 Å². The fourth-order valence-corrected chi connectivity index (χ4v) is 8.51. The maximum Gasteiger partial charge on any atom is 0.410 e. The second kappa shape index (κ2) is 13.6. The summed E-state index contributed by atoms with van der Waals surface area (Å²) in [6.07, 6.45) is 6.46. The Bertz CT molecular complexity index is 1770. The standard InChI is InChI=1S/C36H48N6O8S/c1-6-24-18-36(24,32(45)39-51(48,49)26-14-15-26)38-30(43)28-17-25-20-42(28)31(44)29(35(2,3)4)37-33(46)40(5)16-9-7-8-11-22-12-10-13-23-19-41(21-27(22)23)34(47)50-25/h6,8,10-13,24-26,28-29H,1,7,9,14-21H2,2-5H3,(H,37,46)(H,38,43)(H,39,45)/t24-,25-,28+,29-,36-/m1/s1. The van der Waals surface area contributed by atoms with Crippen LogP contribution in [0.3, 0.4) is 0 Å². The second-order valence-electron chi connectivity index (χ2n) is 15.5. The molecule has 5 aliphatic rings. The number of carbonyl (C=O) groups is 5. The van der Waals surface area contributed by atoms with Gasteiger partial charge in [0.05, 0.1) is 18.3 Å². The maximum atomic E-state index is 14.5. The first-order valence-corrected chi connectivity index (χ1v) is 19.1. The van der Waals surface area contributed by atoms with Gasteiger partial charge in [-0.05, 0) is 54.2 Å². The van der Waals surface area contributed by atoms with Crippen LogP contribution in [0.4, 0.5) is 9.59 Å². The average molecular weight is 725 g/mol. The lowest BCUT2D eigenvalue weighted by Crippen LogP contribution is -2.61. The zero-order chi connectivity index (χ0) is 36.9. The van der Waals surface area contributed by atoms with Crippen LogP contribution < -0.4 is 15.4 Å². The molecule has 2 aliphatic carbocycles. The molecule has 15 heteroatoms. The number of amides is 6. The molecule has 0 aromatic heterocycles. The minimum Gasteiger partial charge on any atom is -0.444 e. The van der Waals surface area contributed by atoms with Gasteiger partial charge in [0.1, 0.15) is 23.7 Å². The Morgan fingerprint density at radius 3 is 2.55 bits per heavy atom. The van der Waals surface area contributed by atoms with Crippen molar-refractivity contribution >= 4 is 45.9 Å². The largest absolute Gasteiger partial charge is 0.444 e. The predicted octanol–water partition coefficient (Wildman–Crippen LogP) is 2.64. The number of ether oxygens (including phenoxy) is 1. The Hall–Kier alpha value is -4.40. The van der Waals surface area contributed by atoms with Gasteiger partial charge in [-0.3, -0.25) is 24.0 Å². The Balaban J connectivity index is 1.29. The SMILES string of the molecule is C=C[C@@H]1C[C@]1(NC(=O)[C@@H]1C[C@@H]2CN1C(=O)[C@H](C(C)(C)C)NC(=O)N(C)CCCC=Cc1cccc3c1CN(C3)C(=O)O2)C(=O)NS(=O)(=O)C1CC1. The van der Waals surface area contributed by atoms with Gasteiger partial charge in [0, 0.05) is 32.5 Å². The fourth-order valence-electron chi connectivity index (χ4n) is 7.15. The van der Waals surface area contributed by atoms with Crippen molar-refractivity contribution in [2.75, 3.05) is 20.1 Å². The summed E-state index contributed by atoms with van der Waals surface area (Å²) in [5.41, 5.74) is 0.660. The lowest BCUT2D eigenvalue weighted by atomic mass is 9.85. The molecule has 1 aromatic rings. The molecule has 14 nitrogen and oxygen atoms in total. The van der Waals surface area contributed by atoms with E-state index in [1.165, 1.54) is 15.9 Å². The van der Waals surface area contributed by atoms with Crippen molar-refractivity contribution in [1.82, 2.24) is 30.1 Å². The van der Waals surface area contributed by atoms with E-state index in [1.807, 2.05) is 30.4 Å². The molecule has 2 saturated carbocycles. The molecule has 3 heterocycles. The zero-order valence-electron chi connectivity index (χ0n) is 29.6. The normalized spacial score (nSPS) is 28.6. The van der Waals surface area contributed by atoms with E-state index in [9.17, 15) is 32.4 Å². The molecule has 3 aliphatic heterocycles. The van der Waals surface area contributed by atoms with Gasteiger partial charge in [-0.25, -0.2) is 18.0 Å². The van der Waals surface area contributed by atoms with Crippen molar-refractivity contribution in [2.24, 2.45) is 11.3 Å². The van der Waals surface area contributed by atoms with E-state index in [0.717, 1.165) is 16.7 Å². The first-order valence-electron chi connectivity index (χ1n) is 17.6. The van der Waals surface area contributed by atoms with Gasteiger partial charge < -0.3 is 25.2 Å². The average Bonchev–Trinajstić information content (AvgIpc) is 3.96. The molecule has 5 atom stereocenters. The summed E-state index contributed by atoms with van der Waals surface area (Å²) in [5.74, 6) is -2.64. The molecule has 51 heavy (non-hydrogen) atoms. The third kappa shape index (κ3) is 7.49. The highest BCUT2D eigenvalue weighted by molar-refractivity contribution is 7.91. The predicted molar refractivity (Wildman–Crippen MR) is 188 cm³/mol. The number of rotatable bonds is 6. The highest BCUT2D eigenvalue weighted by Crippen LogP contribution is 2.45. The minimum atomic E-state index is -3.90. The van der Waals surface area contributed by atoms with Crippen molar-refractivity contribution in [2.45, 2.75) is 101 Å². The molecular weight excluding hydrogens is 676 g/mol. The van der Waals surface area contributed by atoms with Crippen LogP contribution in [0.1, 0.15) is 76.0 Å². The topological polar surface area (TPSA) is 175 Å². The Kier molecular flexibility index (Phi) is 9.72. The molecule has 1 saturated heterocycles. The van der Waals surface area contributed by atoms with Crippen LogP contribution in [0.25, 0.3) is 6.08 Å². The van der Waals surface area contributed by atoms with Crippen LogP contribution in [-0.4, -0.2) is 102 Å². The van der Waals surface area contributed by atoms with Crippen LogP contribution in [-0.2, 0) is 42.2 Å². The number of sulfonamides is 1. The first kappa shape index (κ1) is 36.4. The Labute approximate surface area is 299 Å². The number of hydrogen-bond acceptors (Lipinski definition) is 8. The van der Waals surface area contributed by atoms with Gasteiger partial charge in [-0.2, -0.15) is 0 Å². The quantitative estimate of drug-likeness (QED) is 0.376. The lowest BCUT2D eigenvalue weighted by Gasteiger charge is -2.36. The highest BCUT2D eigenvalue weighted by Gasteiger charge is 2.62. The summed E-state index contributed by atoms with van der Waals surface area (Å²) >= 11 is 0. The van der Waals surface area contributed by atoms with E-state index >= 15 is 0 Å². The minimum absolute atomic E-state index is 0.0698. The van der Waals surface area contributed by atoms with Crippen molar-refractivity contribution in [1.29, 1.82) is 0 Å². The third-order valence-electron chi connectivity index (χ3n) is 10.5. The lowest BCUT2D eigenvalue weighted by molar-refractivity contribution is -0.142. The van der Waals surface area contributed by atoms with Gasteiger partial charge in [0.2, 0.25) is 21.8 Å².